The van der Waals surface area contributed by atoms with Crippen LogP contribution in [0, 0.1) is 5.92 Å². The molecule has 6 heteroatoms. The van der Waals surface area contributed by atoms with Crippen molar-refractivity contribution in [2.45, 2.75) is 43.4 Å². The van der Waals surface area contributed by atoms with E-state index in [4.69, 9.17) is 25.1 Å². The summed E-state index contributed by atoms with van der Waals surface area (Å²) in [4.78, 5) is 0. The Bertz CT molecular complexity index is 264. The average molecular weight is 290 g/mol. The first-order chi connectivity index (χ1) is 9.13. The van der Waals surface area contributed by atoms with Crippen molar-refractivity contribution in [3.05, 3.63) is 0 Å². The zero-order chi connectivity index (χ0) is 14.4. The summed E-state index contributed by atoms with van der Waals surface area (Å²) in [7, 11) is 2.96. The minimum Gasteiger partial charge on any atom is -0.396 e. The fourth-order valence-electron chi connectivity index (χ4n) is 3.45. The van der Waals surface area contributed by atoms with Crippen molar-refractivity contribution in [2.24, 2.45) is 17.4 Å². The smallest absolute Gasteiger partial charge is 0.370 e. The van der Waals surface area contributed by atoms with Crippen molar-refractivity contribution in [3.63, 3.8) is 0 Å². The van der Waals surface area contributed by atoms with Gasteiger partial charge in [-0.25, -0.2) is 0 Å². The number of hydrogen-bond donors (Lipinski definition) is 2. The predicted octanol–water partition coefficient (Wildman–Crippen LogP) is 1.14. The van der Waals surface area contributed by atoms with Crippen molar-refractivity contribution < 1.29 is 13.6 Å². The van der Waals surface area contributed by atoms with Gasteiger partial charge in [-0.15, -0.1) is 0 Å². The van der Waals surface area contributed by atoms with E-state index in [2.05, 4.69) is 0 Å². The second kappa shape index (κ2) is 7.71. The van der Waals surface area contributed by atoms with Crippen LogP contribution in [0.1, 0.15) is 32.1 Å². The molecule has 4 N–H and O–H groups in total. The normalized spacial score (nSPS) is 28.3. The first kappa shape index (κ1) is 17.1. The monoisotopic (exact) mass is 290 g/mol. The van der Waals surface area contributed by atoms with E-state index in [0.717, 1.165) is 38.1 Å². The summed E-state index contributed by atoms with van der Waals surface area (Å²) in [5.74, 6) is 0.375. The SMILES string of the molecule is COC1(CC(CN)CCN)CCCC[Si]1(OC)OC. The molecule has 2 unspecified atom stereocenters. The highest BCUT2D eigenvalue weighted by Gasteiger charge is 2.59. The lowest BCUT2D eigenvalue weighted by Crippen LogP contribution is -2.65. The third-order valence-corrected chi connectivity index (χ3v) is 8.98. The molecule has 0 aromatic carbocycles. The summed E-state index contributed by atoms with van der Waals surface area (Å²) in [5, 5.41) is -0.284. The number of ether oxygens (including phenoxy) is 1. The molecule has 0 spiro atoms. The van der Waals surface area contributed by atoms with Crippen LogP contribution in [0.4, 0.5) is 0 Å². The molecular weight excluding hydrogens is 260 g/mol. The van der Waals surface area contributed by atoms with Crippen molar-refractivity contribution in [1.29, 1.82) is 0 Å². The first-order valence-electron chi connectivity index (χ1n) is 7.19. The van der Waals surface area contributed by atoms with Crippen LogP contribution in [0.2, 0.25) is 6.04 Å². The second-order valence-corrected chi connectivity index (χ2v) is 9.18. The molecule has 19 heavy (non-hydrogen) atoms. The van der Waals surface area contributed by atoms with E-state index in [0.29, 0.717) is 19.0 Å². The minimum atomic E-state index is -2.34. The lowest BCUT2D eigenvalue weighted by molar-refractivity contribution is -0.0247. The quantitative estimate of drug-likeness (QED) is 0.655. The van der Waals surface area contributed by atoms with Crippen LogP contribution in [-0.4, -0.2) is 48.2 Å². The van der Waals surface area contributed by atoms with E-state index in [1.165, 1.54) is 0 Å². The van der Waals surface area contributed by atoms with E-state index in [-0.39, 0.29) is 5.22 Å². The molecule has 1 rings (SSSR count). The van der Waals surface area contributed by atoms with Gasteiger partial charge in [0.2, 0.25) is 0 Å². The molecule has 114 valence electrons. The maximum absolute atomic E-state index is 5.97. The van der Waals surface area contributed by atoms with Crippen molar-refractivity contribution in [2.75, 3.05) is 34.4 Å². The van der Waals surface area contributed by atoms with E-state index < -0.39 is 8.56 Å². The number of hydrogen-bond acceptors (Lipinski definition) is 5. The van der Waals surface area contributed by atoms with E-state index in [1.807, 2.05) is 0 Å². The summed E-state index contributed by atoms with van der Waals surface area (Å²) < 4.78 is 17.7. The van der Waals surface area contributed by atoms with Gasteiger partial charge in [0.25, 0.3) is 0 Å². The second-order valence-electron chi connectivity index (χ2n) is 5.45. The molecule has 1 heterocycles. The van der Waals surface area contributed by atoms with Crippen molar-refractivity contribution in [1.82, 2.24) is 0 Å². The number of methoxy groups -OCH3 is 1. The summed E-state index contributed by atoms with van der Waals surface area (Å²) in [6, 6.07) is 0.994. The predicted molar refractivity (Wildman–Crippen MR) is 79.0 cm³/mol. The standard InChI is InChI=1S/C13H30N2O3Si/c1-16-13(10-12(11-15)6-8-14)7-4-5-9-19(13,17-2)18-3/h12H,4-11,14-15H2,1-3H3. The maximum Gasteiger partial charge on any atom is 0.370 e. The van der Waals surface area contributed by atoms with Gasteiger partial charge in [-0.2, -0.15) is 0 Å². The van der Waals surface area contributed by atoms with Crippen LogP contribution in [0.5, 0.6) is 0 Å². The fraction of sp³-hybridized carbons (Fsp3) is 1.00. The van der Waals surface area contributed by atoms with Crippen molar-refractivity contribution in [3.8, 4) is 0 Å². The molecule has 1 aliphatic rings. The van der Waals surface area contributed by atoms with Crippen LogP contribution in [0.25, 0.3) is 0 Å². The number of rotatable bonds is 8. The highest BCUT2D eigenvalue weighted by molar-refractivity contribution is 6.70. The highest BCUT2D eigenvalue weighted by atomic mass is 28.4. The van der Waals surface area contributed by atoms with Gasteiger partial charge < -0.3 is 25.1 Å². The summed E-state index contributed by atoms with van der Waals surface area (Å²) >= 11 is 0. The molecule has 5 nitrogen and oxygen atoms in total. The zero-order valence-corrected chi connectivity index (χ0v) is 13.6. The van der Waals surface area contributed by atoms with Gasteiger partial charge in [-0.3, -0.25) is 0 Å². The molecule has 0 saturated carbocycles. The van der Waals surface area contributed by atoms with Crippen molar-refractivity contribution >= 4 is 8.56 Å². The molecule has 0 amide bonds. The topological polar surface area (TPSA) is 79.7 Å². The molecule has 2 atom stereocenters. The van der Waals surface area contributed by atoms with Gasteiger partial charge in [0.05, 0.1) is 0 Å². The molecule has 1 aliphatic heterocycles. The van der Waals surface area contributed by atoms with Crippen LogP contribution >= 0.6 is 0 Å². The molecule has 0 radical (unpaired) electrons. The van der Waals surface area contributed by atoms with E-state index >= 15 is 0 Å². The van der Waals surface area contributed by atoms with Gasteiger partial charge in [-0.1, -0.05) is 12.8 Å². The Morgan fingerprint density at radius 2 is 1.84 bits per heavy atom. The molecule has 0 bridgehead atoms. The Labute approximate surface area is 118 Å². The lowest BCUT2D eigenvalue weighted by atomic mass is 9.94. The Hall–Kier alpha value is 0.0169. The number of nitrogens with two attached hydrogens (primary N) is 2. The van der Waals surface area contributed by atoms with Gasteiger partial charge in [0.1, 0.15) is 5.22 Å². The van der Waals surface area contributed by atoms with Gasteiger partial charge >= 0.3 is 8.56 Å². The lowest BCUT2D eigenvalue weighted by Gasteiger charge is -2.49. The summed E-state index contributed by atoms with van der Waals surface area (Å²) in [5.41, 5.74) is 11.6. The van der Waals surface area contributed by atoms with E-state index in [1.54, 1.807) is 21.3 Å². The largest absolute Gasteiger partial charge is 0.396 e. The Balaban J connectivity index is 2.96. The first-order valence-corrected chi connectivity index (χ1v) is 9.21. The van der Waals surface area contributed by atoms with Crippen LogP contribution in [0.3, 0.4) is 0 Å². The molecular formula is C13H30N2O3Si. The van der Waals surface area contributed by atoms with Gasteiger partial charge in [-0.05, 0) is 44.3 Å². The highest BCUT2D eigenvalue weighted by Crippen LogP contribution is 2.43. The Kier molecular flexibility index (Phi) is 6.92. The van der Waals surface area contributed by atoms with E-state index in [9.17, 15) is 0 Å². The molecule has 0 aliphatic carbocycles. The third kappa shape index (κ3) is 3.37. The van der Waals surface area contributed by atoms with Gasteiger partial charge in [0, 0.05) is 21.3 Å². The fourth-order valence-corrected chi connectivity index (χ4v) is 7.41. The molecule has 0 aromatic rings. The van der Waals surface area contributed by atoms with Crippen LogP contribution < -0.4 is 11.5 Å². The van der Waals surface area contributed by atoms with Crippen LogP contribution in [0.15, 0.2) is 0 Å². The maximum atomic E-state index is 5.97. The molecule has 0 aromatic heterocycles. The minimum absolute atomic E-state index is 0.284. The average Bonchev–Trinajstić information content (AvgIpc) is 2.47. The Morgan fingerprint density at radius 1 is 1.16 bits per heavy atom. The summed E-state index contributed by atoms with van der Waals surface area (Å²) in [6.07, 6.45) is 5.14. The molecule has 1 saturated heterocycles. The van der Waals surface area contributed by atoms with Gasteiger partial charge in [0.15, 0.2) is 0 Å². The van der Waals surface area contributed by atoms with Crippen LogP contribution in [-0.2, 0) is 13.6 Å². The third-order valence-electron chi connectivity index (χ3n) is 4.61. The zero-order valence-electron chi connectivity index (χ0n) is 12.6. The molecule has 1 fully saturated rings. The Morgan fingerprint density at radius 3 is 2.32 bits per heavy atom. The summed E-state index contributed by atoms with van der Waals surface area (Å²) in [6.45, 7) is 1.30.